The van der Waals surface area contributed by atoms with Crippen LogP contribution >= 0.6 is 0 Å². The third-order valence-electron chi connectivity index (χ3n) is 9.02. The second-order valence-corrected chi connectivity index (χ2v) is 13.3. The molecule has 1 atom stereocenters. The fraction of sp³-hybridized carbons (Fsp3) is 0.459. The molecule has 2 aromatic heterocycles. The van der Waals surface area contributed by atoms with Gasteiger partial charge < -0.3 is 19.1 Å². The highest BCUT2D eigenvalue weighted by Gasteiger charge is 2.32. The smallest absolute Gasteiger partial charge is 0.415 e. The van der Waals surface area contributed by atoms with Crippen LogP contribution in [0, 0.1) is 17.7 Å². The number of aromatic nitrogens is 4. The Morgan fingerprint density at radius 2 is 1.75 bits per heavy atom. The predicted molar refractivity (Wildman–Crippen MR) is 189 cm³/mol. The number of ether oxygens (including phenoxy) is 1. The number of benzene rings is 2. The van der Waals surface area contributed by atoms with Crippen LogP contribution in [0.2, 0.25) is 0 Å². The molecule has 11 heteroatoms. The average Bonchev–Trinajstić information content (AvgIpc) is 3.44. The second kappa shape index (κ2) is 15.0. The van der Waals surface area contributed by atoms with E-state index in [4.69, 9.17) is 9.72 Å². The first-order valence-electron chi connectivity index (χ1n) is 16.8. The van der Waals surface area contributed by atoms with Gasteiger partial charge in [0.05, 0.1) is 17.6 Å². The molecule has 5 rings (SSSR count). The number of nitrogens with zero attached hydrogens (tertiary/aromatic N) is 7. The van der Waals surface area contributed by atoms with Crippen molar-refractivity contribution in [3.05, 3.63) is 94.3 Å². The van der Waals surface area contributed by atoms with Crippen molar-refractivity contribution in [2.75, 3.05) is 36.5 Å². The zero-order valence-electron chi connectivity index (χ0n) is 29.1. The van der Waals surface area contributed by atoms with Gasteiger partial charge in [-0.25, -0.2) is 23.7 Å². The van der Waals surface area contributed by atoms with Crippen molar-refractivity contribution in [3.8, 4) is 0 Å². The summed E-state index contributed by atoms with van der Waals surface area (Å²) in [7, 11) is 1.95. The summed E-state index contributed by atoms with van der Waals surface area (Å²) in [5, 5.41) is 0. The lowest BCUT2D eigenvalue weighted by molar-refractivity contribution is 0.00372. The van der Waals surface area contributed by atoms with Gasteiger partial charge >= 0.3 is 6.09 Å². The molecular weight excluding hydrogens is 609 g/mol. The highest BCUT2D eigenvalue weighted by molar-refractivity contribution is 5.79. The Balaban J connectivity index is 1.37. The number of halogens is 1. The number of piperidine rings is 1. The van der Waals surface area contributed by atoms with Crippen LogP contribution in [0.1, 0.15) is 66.2 Å². The first kappa shape index (κ1) is 34.7. The van der Waals surface area contributed by atoms with Crippen LogP contribution in [-0.2, 0) is 11.3 Å². The Kier molecular flexibility index (Phi) is 10.9. The Labute approximate surface area is 282 Å². The van der Waals surface area contributed by atoms with Crippen molar-refractivity contribution in [2.45, 2.75) is 73.2 Å². The Bertz CT molecular complexity index is 1790. The maximum Gasteiger partial charge on any atom is 0.415 e. The number of hydrogen-bond donors (Lipinski definition) is 0. The van der Waals surface area contributed by atoms with Gasteiger partial charge in [0.15, 0.2) is 6.23 Å². The summed E-state index contributed by atoms with van der Waals surface area (Å²) in [6, 6.07) is 16.2. The highest BCUT2D eigenvalue weighted by atomic mass is 19.1. The first-order valence-corrected chi connectivity index (χ1v) is 16.8. The molecule has 1 amide bonds. The number of anilines is 2. The predicted octanol–water partition coefficient (Wildman–Crippen LogP) is 7.06. The van der Waals surface area contributed by atoms with Crippen molar-refractivity contribution in [1.29, 1.82) is 0 Å². The summed E-state index contributed by atoms with van der Waals surface area (Å²) in [6.45, 7) is 14.3. The van der Waals surface area contributed by atoms with Gasteiger partial charge in [0, 0.05) is 56.6 Å². The quantitative estimate of drug-likeness (QED) is 0.171. The van der Waals surface area contributed by atoms with E-state index in [1.807, 2.05) is 89.9 Å². The first-order chi connectivity index (χ1) is 23.0. The number of allylic oxidation sites excluding steroid dienone is 2. The minimum atomic E-state index is -0.845. The highest BCUT2D eigenvalue weighted by Crippen LogP contribution is 2.30. The summed E-state index contributed by atoms with van der Waals surface area (Å²) < 4.78 is 23.5. The van der Waals surface area contributed by atoms with Crippen LogP contribution in [0.25, 0.3) is 11.0 Å². The number of hydrogen-bond acceptors (Lipinski definition) is 7. The standard InChI is InChI=1S/C37H48FN7O3/c1-8-27(6)43(23-25(2)3)37(47)48-34(26(4)5)45-33(46)17-20-39-35(45)41(7)30-18-21-42(22-19-30)36-40-31-11-9-10-12-32(31)44(36)24-28-13-15-29(38)16-14-28/h8-17,20,25-26,30,34H,18-19,21-24H2,1-7H3/b27-8+. The zero-order valence-corrected chi connectivity index (χ0v) is 29.1. The molecule has 0 bridgehead atoms. The van der Waals surface area contributed by atoms with Crippen LogP contribution in [-0.4, -0.2) is 62.8 Å². The summed E-state index contributed by atoms with van der Waals surface area (Å²) in [5.41, 5.74) is 3.46. The number of para-hydroxylation sites is 2. The molecule has 1 unspecified atom stereocenters. The fourth-order valence-corrected chi connectivity index (χ4v) is 6.30. The van der Waals surface area contributed by atoms with Crippen LogP contribution in [0.4, 0.5) is 21.1 Å². The van der Waals surface area contributed by atoms with Crippen molar-refractivity contribution in [2.24, 2.45) is 11.8 Å². The summed E-state index contributed by atoms with van der Waals surface area (Å²) >= 11 is 0. The van der Waals surface area contributed by atoms with E-state index in [0.29, 0.717) is 19.0 Å². The van der Waals surface area contributed by atoms with E-state index < -0.39 is 12.3 Å². The van der Waals surface area contributed by atoms with Crippen LogP contribution < -0.4 is 15.4 Å². The van der Waals surface area contributed by atoms with E-state index in [1.54, 1.807) is 4.90 Å². The van der Waals surface area contributed by atoms with Gasteiger partial charge in [0.2, 0.25) is 11.9 Å². The molecule has 48 heavy (non-hydrogen) atoms. The normalized spacial score (nSPS) is 15.0. The Hall–Kier alpha value is -4.67. The van der Waals surface area contributed by atoms with Gasteiger partial charge in [-0.1, -0.05) is 58.0 Å². The molecule has 0 aliphatic carbocycles. The fourth-order valence-electron chi connectivity index (χ4n) is 6.30. The minimum Gasteiger partial charge on any atom is -0.424 e. The topological polar surface area (TPSA) is 88.7 Å². The van der Waals surface area contributed by atoms with Gasteiger partial charge in [0.1, 0.15) is 5.82 Å². The Morgan fingerprint density at radius 1 is 1.06 bits per heavy atom. The summed E-state index contributed by atoms with van der Waals surface area (Å²) in [4.78, 5) is 42.6. The number of carbonyl (C=O) groups is 1. The number of amides is 1. The van der Waals surface area contributed by atoms with E-state index in [1.165, 1.54) is 29.0 Å². The molecule has 1 aliphatic heterocycles. The summed E-state index contributed by atoms with van der Waals surface area (Å²) in [6.07, 6.45) is 3.67. The number of imidazole rings is 1. The Morgan fingerprint density at radius 3 is 2.40 bits per heavy atom. The molecule has 256 valence electrons. The maximum absolute atomic E-state index is 13.6. The van der Waals surface area contributed by atoms with Crippen molar-refractivity contribution >= 4 is 29.0 Å². The van der Waals surface area contributed by atoms with E-state index in [-0.39, 0.29) is 29.3 Å². The minimum absolute atomic E-state index is 0.0861. The maximum atomic E-state index is 13.6. The number of carbonyl (C=O) groups excluding carboxylic acids is 1. The van der Waals surface area contributed by atoms with Crippen LogP contribution in [0.5, 0.6) is 0 Å². The van der Waals surface area contributed by atoms with Gasteiger partial charge in [-0.3, -0.25) is 9.69 Å². The molecule has 0 radical (unpaired) electrons. The molecule has 0 N–H and O–H groups in total. The lowest BCUT2D eigenvalue weighted by Gasteiger charge is -2.39. The number of rotatable bonds is 11. The van der Waals surface area contributed by atoms with Crippen molar-refractivity contribution in [1.82, 2.24) is 24.0 Å². The van der Waals surface area contributed by atoms with E-state index in [0.717, 1.165) is 54.2 Å². The largest absolute Gasteiger partial charge is 0.424 e. The molecule has 1 aliphatic rings. The third-order valence-corrected chi connectivity index (χ3v) is 9.02. The SMILES string of the molecule is C/C=C(\C)N(CC(C)C)C(=O)OC(C(C)C)n1c(N(C)C2CCN(c3nc4ccccc4n3Cc3ccc(F)cc3)CC2)nccc1=O. The van der Waals surface area contributed by atoms with Gasteiger partial charge in [-0.05, 0) is 62.4 Å². The van der Waals surface area contributed by atoms with Crippen molar-refractivity contribution < 1.29 is 13.9 Å². The van der Waals surface area contributed by atoms with Crippen molar-refractivity contribution in [3.63, 3.8) is 0 Å². The van der Waals surface area contributed by atoms with Crippen LogP contribution in [0.15, 0.2) is 77.4 Å². The lowest BCUT2D eigenvalue weighted by Crippen LogP contribution is -2.47. The van der Waals surface area contributed by atoms with E-state index in [2.05, 4.69) is 20.5 Å². The molecular formula is C37H48FN7O3. The number of fused-ring (bicyclic) bond motifs is 1. The van der Waals surface area contributed by atoms with Gasteiger partial charge in [-0.15, -0.1) is 0 Å². The van der Waals surface area contributed by atoms with Gasteiger partial charge in [0.25, 0.3) is 5.56 Å². The van der Waals surface area contributed by atoms with Crippen LogP contribution in [0.3, 0.4) is 0 Å². The second-order valence-electron chi connectivity index (χ2n) is 13.3. The third kappa shape index (κ3) is 7.55. The summed E-state index contributed by atoms with van der Waals surface area (Å²) in [5.74, 6) is 1.14. The zero-order chi connectivity index (χ0) is 34.5. The molecule has 1 fully saturated rings. The van der Waals surface area contributed by atoms with E-state index in [9.17, 15) is 14.0 Å². The molecule has 2 aromatic carbocycles. The average molecular weight is 658 g/mol. The molecule has 0 spiro atoms. The molecule has 10 nitrogen and oxygen atoms in total. The lowest BCUT2D eigenvalue weighted by atomic mass is 10.0. The molecule has 4 aromatic rings. The monoisotopic (exact) mass is 657 g/mol. The molecule has 0 saturated carbocycles. The van der Waals surface area contributed by atoms with E-state index >= 15 is 0 Å². The molecule has 3 heterocycles. The van der Waals surface area contributed by atoms with Gasteiger partial charge in [-0.2, -0.15) is 0 Å². The molecule has 1 saturated heterocycles.